The van der Waals surface area contributed by atoms with Gasteiger partial charge in [-0.3, -0.25) is 4.79 Å². The first-order valence-corrected chi connectivity index (χ1v) is 8.91. The number of ether oxygens (including phenoxy) is 4. The van der Waals surface area contributed by atoms with E-state index in [0.29, 0.717) is 41.0 Å². The van der Waals surface area contributed by atoms with Gasteiger partial charge in [-0.25, -0.2) is 9.78 Å². The third kappa shape index (κ3) is 4.23. The summed E-state index contributed by atoms with van der Waals surface area (Å²) in [5.74, 6) is -0.0749. The summed E-state index contributed by atoms with van der Waals surface area (Å²) in [5, 5.41) is 3.06. The van der Waals surface area contributed by atoms with Gasteiger partial charge >= 0.3 is 5.97 Å². The number of nitrogens with zero attached hydrogens (tertiary/aromatic N) is 1. The molecule has 0 spiro atoms. The summed E-state index contributed by atoms with van der Waals surface area (Å²) < 4.78 is 21.2. The van der Waals surface area contributed by atoms with Gasteiger partial charge < -0.3 is 24.3 Å². The maximum atomic E-state index is 12.3. The van der Waals surface area contributed by atoms with Crippen molar-refractivity contribution in [1.82, 2.24) is 4.98 Å². The van der Waals surface area contributed by atoms with E-state index in [-0.39, 0.29) is 16.4 Å². The van der Waals surface area contributed by atoms with E-state index in [9.17, 15) is 9.59 Å². The number of carbonyl (C=O) groups excluding carboxylic acids is 2. The molecule has 3 rings (SSSR count). The number of hydrogen-bond acceptors (Lipinski definition) is 7. The summed E-state index contributed by atoms with van der Waals surface area (Å²) in [7, 11) is 1.45. The van der Waals surface area contributed by atoms with Crippen molar-refractivity contribution in [1.29, 1.82) is 0 Å². The summed E-state index contributed by atoms with van der Waals surface area (Å²) in [4.78, 5) is 28.3. The molecule has 0 aliphatic carbocycles. The van der Waals surface area contributed by atoms with Crippen LogP contribution in [0.15, 0.2) is 18.3 Å². The van der Waals surface area contributed by atoms with Crippen LogP contribution in [-0.4, -0.2) is 43.8 Å². The maximum absolute atomic E-state index is 12.3. The standard InChI is InChI=1S/C18H16Cl2N2O6/c1-9-11(19)7-21-17(15(9)20)22-14(23)8-28-18(24)10-5-12(25-2)16-13(6-10)26-3-4-27-16/h5-7H,3-4,8H2,1-2H3,(H,21,22,23). The Morgan fingerprint density at radius 3 is 2.75 bits per heavy atom. The van der Waals surface area contributed by atoms with Gasteiger partial charge in [-0.05, 0) is 24.6 Å². The van der Waals surface area contributed by atoms with Crippen molar-refractivity contribution in [2.24, 2.45) is 0 Å². The molecule has 1 aliphatic rings. The van der Waals surface area contributed by atoms with Gasteiger partial charge in [-0.1, -0.05) is 23.2 Å². The molecule has 0 atom stereocenters. The lowest BCUT2D eigenvalue weighted by Crippen LogP contribution is -2.22. The van der Waals surface area contributed by atoms with Crippen LogP contribution in [0.1, 0.15) is 15.9 Å². The molecule has 2 aromatic rings. The van der Waals surface area contributed by atoms with Gasteiger partial charge in [-0.15, -0.1) is 0 Å². The van der Waals surface area contributed by atoms with E-state index < -0.39 is 18.5 Å². The fourth-order valence-electron chi connectivity index (χ4n) is 2.42. The number of carbonyl (C=O) groups is 2. The summed E-state index contributed by atoms with van der Waals surface area (Å²) >= 11 is 12.0. The predicted octanol–water partition coefficient (Wildman–Crippen LogP) is 3.27. The molecule has 0 saturated heterocycles. The second-order valence-electron chi connectivity index (χ2n) is 5.72. The summed E-state index contributed by atoms with van der Waals surface area (Å²) in [6.45, 7) is 1.89. The number of anilines is 1. The van der Waals surface area contributed by atoms with Crippen molar-refractivity contribution in [3.63, 3.8) is 0 Å². The number of rotatable bonds is 5. The lowest BCUT2D eigenvalue weighted by Gasteiger charge is -2.21. The van der Waals surface area contributed by atoms with Crippen LogP contribution >= 0.6 is 23.2 Å². The molecule has 10 heteroatoms. The molecule has 148 valence electrons. The Morgan fingerprint density at radius 1 is 1.25 bits per heavy atom. The topological polar surface area (TPSA) is 96.0 Å². The van der Waals surface area contributed by atoms with Crippen LogP contribution < -0.4 is 19.5 Å². The zero-order valence-electron chi connectivity index (χ0n) is 15.0. The largest absolute Gasteiger partial charge is 0.493 e. The number of amides is 1. The van der Waals surface area contributed by atoms with Crippen LogP contribution in [-0.2, 0) is 9.53 Å². The molecular weight excluding hydrogens is 411 g/mol. The maximum Gasteiger partial charge on any atom is 0.338 e. The molecule has 28 heavy (non-hydrogen) atoms. The van der Waals surface area contributed by atoms with Crippen LogP contribution in [0.3, 0.4) is 0 Å². The molecule has 0 bridgehead atoms. The van der Waals surface area contributed by atoms with E-state index in [1.165, 1.54) is 25.4 Å². The third-order valence-corrected chi connectivity index (χ3v) is 4.70. The molecule has 8 nitrogen and oxygen atoms in total. The first-order valence-electron chi connectivity index (χ1n) is 8.16. The fourth-order valence-corrected chi connectivity index (χ4v) is 2.81. The number of nitrogens with one attached hydrogen (secondary N) is 1. The molecule has 1 amide bonds. The van der Waals surface area contributed by atoms with E-state index >= 15 is 0 Å². The Bertz CT molecular complexity index is 918. The van der Waals surface area contributed by atoms with Crippen LogP contribution in [0, 0.1) is 6.92 Å². The number of aromatic nitrogens is 1. The minimum Gasteiger partial charge on any atom is -0.493 e. The minimum atomic E-state index is -0.725. The molecule has 0 saturated carbocycles. The highest BCUT2D eigenvalue weighted by Gasteiger charge is 2.22. The monoisotopic (exact) mass is 426 g/mol. The first-order chi connectivity index (χ1) is 13.4. The Kier molecular flexibility index (Phi) is 6.11. The SMILES string of the molecule is COc1cc(C(=O)OCC(=O)Nc2ncc(Cl)c(C)c2Cl)cc2c1OCCO2. The quantitative estimate of drug-likeness (QED) is 0.732. The van der Waals surface area contributed by atoms with Crippen molar-refractivity contribution in [3.8, 4) is 17.2 Å². The number of halogens is 2. The molecular formula is C18H16Cl2N2O6. The summed E-state index contributed by atoms with van der Waals surface area (Å²) in [6, 6.07) is 2.92. The van der Waals surface area contributed by atoms with E-state index in [0.717, 1.165) is 0 Å². The van der Waals surface area contributed by atoms with Crippen LogP contribution in [0.25, 0.3) is 0 Å². The summed E-state index contributed by atoms with van der Waals surface area (Å²) in [5.41, 5.74) is 0.737. The van der Waals surface area contributed by atoms with Gasteiger partial charge in [0.1, 0.15) is 13.2 Å². The van der Waals surface area contributed by atoms with Crippen LogP contribution in [0.2, 0.25) is 10.0 Å². The van der Waals surface area contributed by atoms with Gasteiger partial charge in [0.2, 0.25) is 5.75 Å². The van der Waals surface area contributed by atoms with Crippen LogP contribution in [0.5, 0.6) is 17.2 Å². The summed E-state index contributed by atoms with van der Waals surface area (Å²) in [6.07, 6.45) is 1.37. The Labute approximate surface area is 170 Å². The average Bonchev–Trinajstić information content (AvgIpc) is 2.71. The second kappa shape index (κ2) is 8.53. The van der Waals surface area contributed by atoms with Crippen molar-refractivity contribution >= 4 is 40.9 Å². The normalized spacial score (nSPS) is 12.3. The molecule has 1 N–H and O–H groups in total. The van der Waals surface area contributed by atoms with Crippen molar-refractivity contribution in [2.45, 2.75) is 6.92 Å². The number of pyridine rings is 1. The number of benzene rings is 1. The number of fused-ring (bicyclic) bond motifs is 1. The second-order valence-corrected chi connectivity index (χ2v) is 6.51. The zero-order valence-corrected chi connectivity index (χ0v) is 16.5. The van der Waals surface area contributed by atoms with E-state index in [1.807, 2.05) is 0 Å². The van der Waals surface area contributed by atoms with Crippen molar-refractivity contribution in [2.75, 3.05) is 32.2 Å². The minimum absolute atomic E-state index is 0.130. The molecule has 1 aromatic heterocycles. The van der Waals surface area contributed by atoms with Gasteiger partial charge in [0.05, 0.1) is 22.7 Å². The van der Waals surface area contributed by atoms with Crippen LogP contribution in [0.4, 0.5) is 5.82 Å². The predicted molar refractivity (Wildman–Crippen MR) is 102 cm³/mol. The van der Waals surface area contributed by atoms with E-state index in [1.54, 1.807) is 6.92 Å². The molecule has 1 aliphatic heterocycles. The van der Waals surface area contributed by atoms with Gasteiger partial charge in [0.15, 0.2) is 23.9 Å². The highest BCUT2D eigenvalue weighted by atomic mass is 35.5. The van der Waals surface area contributed by atoms with Gasteiger partial charge in [-0.2, -0.15) is 0 Å². The van der Waals surface area contributed by atoms with Crippen molar-refractivity contribution in [3.05, 3.63) is 39.5 Å². The Hall–Kier alpha value is -2.71. The van der Waals surface area contributed by atoms with E-state index in [4.69, 9.17) is 42.1 Å². The molecule has 0 radical (unpaired) electrons. The highest BCUT2D eigenvalue weighted by Crippen LogP contribution is 2.40. The molecule has 0 unspecified atom stereocenters. The van der Waals surface area contributed by atoms with E-state index in [2.05, 4.69) is 10.3 Å². The molecule has 0 fully saturated rings. The fraction of sp³-hybridized carbons (Fsp3) is 0.278. The Balaban J connectivity index is 1.66. The number of methoxy groups -OCH3 is 1. The number of esters is 1. The average molecular weight is 427 g/mol. The Morgan fingerprint density at radius 2 is 2.00 bits per heavy atom. The smallest absolute Gasteiger partial charge is 0.338 e. The highest BCUT2D eigenvalue weighted by molar-refractivity contribution is 6.37. The zero-order chi connectivity index (χ0) is 20.3. The lowest BCUT2D eigenvalue weighted by molar-refractivity contribution is -0.119. The van der Waals surface area contributed by atoms with Gasteiger partial charge in [0, 0.05) is 6.20 Å². The van der Waals surface area contributed by atoms with Crippen molar-refractivity contribution < 1.29 is 28.5 Å². The molecule has 1 aromatic carbocycles. The third-order valence-electron chi connectivity index (χ3n) is 3.86. The molecule has 2 heterocycles. The lowest BCUT2D eigenvalue weighted by atomic mass is 10.1. The first kappa shape index (κ1) is 20.0. The van der Waals surface area contributed by atoms with Gasteiger partial charge in [0.25, 0.3) is 5.91 Å². The number of hydrogen-bond donors (Lipinski definition) is 1.